The van der Waals surface area contributed by atoms with Crippen molar-refractivity contribution in [1.82, 2.24) is 4.90 Å². The molecule has 4 aromatic carbocycles. The minimum absolute atomic E-state index is 0.156. The number of carbonyl (C=O) groups is 2. The molecule has 222 valence electrons. The molecule has 1 aliphatic heterocycles. The van der Waals surface area contributed by atoms with Crippen molar-refractivity contribution in [2.24, 2.45) is 0 Å². The fourth-order valence-electron chi connectivity index (χ4n) is 4.96. The number of benzene rings is 4. The van der Waals surface area contributed by atoms with E-state index in [1.165, 1.54) is 6.92 Å². The lowest BCUT2D eigenvalue weighted by molar-refractivity contribution is -0.114. The first-order chi connectivity index (χ1) is 20.6. The maximum Gasteiger partial charge on any atom is 0.260 e. The number of methoxy groups -OCH3 is 1. The Labute approximate surface area is 250 Å². The van der Waals surface area contributed by atoms with Gasteiger partial charge in [-0.2, -0.15) is 0 Å². The summed E-state index contributed by atoms with van der Waals surface area (Å²) in [5, 5.41) is 6.18. The Balaban J connectivity index is 1.48. The zero-order valence-corrected chi connectivity index (χ0v) is 24.8. The van der Waals surface area contributed by atoms with Gasteiger partial charge < -0.3 is 25.0 Å². The largest absolute Gasteiger partial charge is 0.496 e. The first-order valence-corrected chi connectivity index (χ1v) is 15.4. The Morgan fingerprint density at radius 3 is 2.40 bits per heavy atom. The summed E-state index contributed by atoms with van der Waals surface area (Å²) < 4.78 is 38.3. The van der Waals surface area contributed by atoms with Gasteiger partial charge in [-0.15, -0.1) is 0 Å². The van der Waals surface area contributed by atoms with Crippen molar-refractivity contribution in [1.29, 1.82) is 0 Å². The molecule has 1 unspecified atom stereocenters. The second-order valence-corrected chi connectivity index (χ2v) is 11.9. The molecule has 0 aliphatic carbocycles. The Bertz CT molecular complexity index is 1740. The average Bonchev–Trinajstić information content (AvgIpc) is 2.97. The van der Waals surface area contributed by atoms with E-state index in [1.54, 1.807) is 54.5 Å². The lowest BCUT2D eigenvalue weighted by Crippen LogP contribution is -2.43. The Hall–Kier alpha value is -5.03. The van der Waals surface area contributed by atoms with E-state index in [0.29, 0.717) is 22.9 Å². The second kappa shape index (κ2) is 12.5. The monoisotopic (exact) mass is 600 g/mol. The van der Waals surface area contributed by atoms with Gasteiger partial charge in [0.05, 0.1) is 30.3 Å². The predicted molar refractivity (Wildman–Crippen MR) is 166 cm³/mol. The van der Waals surface area contributed by atoms with E-state index in [2.05, 4.69) is 15.4 Å². The van der Waals surface area contributed by atoms with E-state index in [-0.39, 0.29) is 36.2 Å². The number of carbonyl (C=O) groups excluding carboxylic acids is 2. The molecule has 11 heteroatoms. The number of hydrogen-bond donors (Lipinski definition) is 3. The van der Waals surface area contributed by atoms with Crippen LogP contribution in [0.2, 0.25) is 0 Å². The minimum Gasteiger partial charge on any atom is -0.496 e. The maximum absolute atomic E-state index is 14.1. The van der Waals surface area contributed by atoms with Gasteiger partial charge in [0, 0.05) is 24.7 Å². The number of hydrogen-bond acceptors (Lipinski definition) is 7. The molecule has 0 spiro atoms. The van der Waals surface area contributed by atoms with Crippen LogP contribution < -0.4 is 24.8 Å². The van der Waals surface area contributed by atoms with Crippen LogP contribution in [0.4, 0.5) is 17.1 Å². The molecule has 1 atom stereocenters. The summed E-state index contributed by atoms with van der Waals surface area (Å²) >= 11 is 0. The molecule has 10 nitrogen and oxygen atoms in total. The normalized spacial score (nSPS) is 14.3. The molecule has 0 saturated heterocycles. The highest BCUT2D eigenvalue weighted by atomic mass is 32.2. The van der Waals surface area contributed by atoms with Gasteiger partial charge in [-0.1, -0.05) is 42.5 Å². The number of rotatable bonds is 10. The third-order valence-electron chi connectivity index (χ3n) is 6.82. The lowest BCUT2D eigenvalue weighted by Gasteiger charge is -2.39. The Morgan fingerprint density at radius 2 is 1.72 bits per heavy atom. The fraction of sp³-hybridized carbons (Fsp3) is 0.188. The molecule has 1 heterocycles. The van der Waals surface area contributed by atoms with E-state index in [9.17, 15) is 18.0 Å². The number of amides is 2. The van der Waals surface area contributed by atoms with E-state index in [0.717, 1.165) is 22.9 Å². The molecule has 0 radical (unpaired) electrons. The van der Waals surface area contributed by atoms with Gasteiger partial charge >= 0.3 is 0 Å². The number of ether oxygens (including phenoxy) is 2. The number of sulfonamides is 1. The van der Waals surface area contributed by atoms with E-state index < -0.39 is 16.2 Å². The Morgan fingerprint density at radius 1 is 0.977 bits per heavy atom. The molecule has 3 N–H and O–H groups in total. The summed E-state index contributed by atoms with van der Waals surface area (Å²) in [5.41, 5.74) is 4.11. The van der Waals surface area contributed by atoms with Crippen LogP contribution >= 0.6 is 0 Å². The van der Waals surface area contributed by atoms with Crippen molar-refractivity contribution in [3.8, 4) is 11.5 Å². The zero-order valence-electron chi connectivity index (χ0n) is 24.0. The summed E-state index contributed by atoms with van der Waals surface area (Å²) in [6, 6.07) is 27.3. The standard InChI is InChI=1S/C32H32N4O6S/c1-21(37)33-25-13-15-26(16-14-25)42-20-24-18-23(12-17-29(24)41-2)31-34-27-10-7-11-28(35-43(3,39)40)30(27)32(38)36(31)19-22-8-5-4-6-9-22/h4-18,31,34-35H,19-20H2,1-3H3,(H,33,37). The minimum atomic E-state index is -3.62. The van der Waals surface area contributed by atoms with Crippen LogP contribution in [0.1, 0.15) is 40.1 Å². The zero-order chi connectivity index (χ0) is 30.6. The summed E-state index contributed by atoms with van der Waals surface area (Å²) in [7, 11) is -2.04. The molecule has 4 aromatic rings. The number of fused-ring (bicyclic) bond motifs is 1. The summed E-state index contributed by atoms with van der Waals surface area (Å²) in [5.74, 6) is 0.757. The number of anilines is 3. The SMILES string of the molecule is COc1ccc(C2Nc3cccc(NS(C)(=O)=O)c3C(=O)N2Cc2ccccc2)cc1COc1ccc(NC(C)=O)cc1. The van der Waals surface area contributed by atoms with Gasteiger partial charge in [0.15, 0.2) is 0 Å². The van der Waals surface area contributed by atoms with Gasteiger partial charge in [0.1, 0.15) is 24.3 Å². The average molecular weight is 601 g/mol. The molecule has 2 amide bonds. The van der Waals surface area contributed by atoms with Crippen molar-refractivity contribution in [3.05, 3.63) is 113 Å². The smallest absolute Gasteiger partial charge is 0.260 e. The predicted octanol–water partition coefficient (Wildman–Crippen LogP) is 5.37. The third kappa shape index (κ3) is 7.07. The highest BCUT2D eigenvalue weighted by Gasteiger charge is 2.35. The molecule has 1 aliphatic rings. The molecule has 5 rings (SSSR count). The van der Waals surface area contributed by atoms with Crippen molar-refractivity contribution >= 4 is 38.9 Å². The van der Waals surface area contributed by atoms with Crippen molar-refractivity contribution < 1.29 is 27.5 Å². The molecule has 0 saturated carbocycles. The van der Waals surface area contributed by atoms with Crippen LogP contribution in [0.15, 0.2) is 91.0 Å². The topological polar surface area (TPSA) is 126 Å². The van der Waals surface area contributed by atoms with Crippen LogP contribution in [0, 0.1) is 0 Å². The van der Waals surface area contributed by atoms with Crippen LogP contribution in [-0.2, 0) is 28.0 Å². The number of nitrogens with zero attached hydrogens (tertiary/aromatic N) is 1. The summed E-state index contributed by atoms with van der Waals surface area (Å²) in [6.45, 7) is 1.92. The molecular weight excluding hydrogens is 568 g/mol. The lowest BCUT2D eigenvalue weighted by atomic mass is 9.99. The first kappa shape index (κ1) is 29.5. The van der Waals surface area contributed by atoms with E-state index in [1.807, 2.05) is 48.5 Å². The molecule has 0 fully saturated rings. The number of nitrogens with one attached hydrogen (secondary N) is 3. The van der Waals surface area contributed by atoms with Gasteiger partial charge in [-0.05, 0) is 59.7 Å². The van der Waals surface area contributed by atoms with E-state index >= 15 is 0 Å². The Kier molecular flexibility index (Phi) is 8.53. The van der Waals surface area contributed by atoms with Gasteiger partial charge in [-0.3, -0.25) is 14.3 Å². The fourth-order valence-corrected chi connectivity index (χ4v) is 5.53. The van der Waals surface area contributed by atoms with Gasteiger partial charge in [0.2, 0.25) is 15.9 Å². The maximum atomic E-state index is 14.1. The van der Waals surface area contributed by atoms with Crippen LogP contribution in [0.3, 0.4) is 0 Å². The second-order valence-electron chi connectivity index (χ2n) is 10.1. The van der Waals surface area contributed by atoms with Crippen LogP contribution in [0.5, 0.6) is 11.5 Å². The highest BCUT2D eigenvalue weighted by Crippen LogP contribution is 2.39. The van der Waals surface area contributed by atoms with Crippen molar-refractivity contribution in [2.75, 3.05) is 28.7 Å². The van der Waals surface area contributed by atoms with Gasteiger partial charge in [0.25, 0.3) is 5.91 Å². The summed E-state index contributed by atoms with van der Waals surface area (Å²) in [4.78, 5) is 27.1. The van der Waals surface area contributed by atoms with E-state index in [4.69, 9.17) is 9.47 Å². The molecular formula is C32H32N4O6S. The van der Waals surface area contributed by atoms with Gasteiger partial charge in [-0.25, -0.2) is 8.42 Å². The molecule has 43 heavy (non-hydrogen) atoms. The van der Waals surface area contributed by atoms with Crippen LogP contribution in [0.25, 0.3) is 0 Å². The quantitative estimate of drug-likeness (QED) is 0.223. The highest BCUT2D eigenvalue weighted by molar-refractivity contribution is 7.92. The first-order valence-electron chi connectivity index (χ1n) is 13.5. The third-order valence-corrected chi connectivity index (χ3v) is 7.41. The van der Waals surface area contributed by atoms with Crippen molar-refractivity contribution in [3.63, 3.8) is 0 Å². The summed E-state index contributed by atoms with van der Waals surface area (Å²) in [6.07, 6.45) is 0.478. The van der Waals surface area contributed by atoms with Crippen LogP contribution in [-0.4, -0.2) is 38.5 Å². The van der Waals surface area contributed by atoms with Crippen molar-refractivity contribution in [2.45, 2.75) is 26.2 Å². The molecule has 0 bridgehead atoms. The molecule has 0 aromatic heterocycles.